The van der Waals surface area contributed by atoms with Gasteiger partial charge in [-0.3, -0.25) is 4.98 Å². The van der Waals surface area contributed by atoms with Crippen LogP contribution in [0.2, 0.25) is 10.0 Å². The minimum atomic E-state index is 0.208. The maximum atomic E-state index is 7.23. The van der Waals surface area contributed by atoms with Gasteiger partial charge in [0, 0.05) is 41.4 Å². The minimum Gasteiger partial charge on any atom is -0.312 e. The van der Waals surface area contributed by atoms with E-state index in [2.05, 4.69) is 125 Å². The molecule has 4 aromatic carbocycles. The second kappa shape index (κ2) is 23.7. The molecule has 2 N–H and O–H groups in total. The Labute approximate surface area is 365 Å². The molecule has 6 rings (SSSR count). The number of pyridine rings is 1. The Hall–Kier alpha value is -4.87. The normalized spacial score (nSPS) is 12.0. The monoisotopic (exact) mass is 821 g/mol. The first kappa shape index (κ1) is 46.8. The lowest BCUT2D eigenvalue weighted by atomic mass is 9.88. The van der Waals surface area contributed by atoms with Crippen LogP contribution in [0.1, 0.15) is 110 Å². The molecule has 1 aliphatic rings. The van der Waals surface area contributed by atoms with Gasteiger partial charge >= 0.3 is 0 Å². The molecule has 0 amide bonds. The summed E-state index contributed by atoms with van der Waals surface area (Å²) in [7, 11) is 0. The standard InChI is InChI=1S/C39H43Cl2N3.C12H10.C3H8/c1-6-10-32-28(17-18-38-36(40)22-31(37(7-2)44-38)24-43-26(5)25(3)4)11-8-13-34(32)35-14-9-12-33(39(35)41)29-16-15-27-19-20-42-23-30(27)21-29;1-4-10-7-11(5-2)9-12(6-3)8-10;1-3-2/h7-9,11-16,21-22,26,42-43H,2-3,6,10,17-20,23-24H2,1,4-5H3;1-2,7-9H,6H2,3H3;3H2,1-2H3. The van der Waals surface area contributed by atoms with Crippen molar-refractivity contribution in [1.82, 2.24) is 15.6 Å². The first-order chi connectivity index (χ1) is 28.5. The predicted molar refractivity (Wildman–Crippen MR) is 257 cm³/mol. The summed E-state index contributed by atoms with van der Waals surface area (Å²) in [4.78, 5) is 4.94. The van der Waals surface area contributed by atoms with Crippen LogP contribution < -0.4 is 10.6 Å². The maximum absolute atomic E-state index is 7.23. The quantitative estimate of drug-likeness (QED) is 0.0917. The third kappa shape index (κ3) is 12.8. The van der Waals surface area contributed by atoms with Gasteiger partial charge in [-0.05, 0) is 133 Å². The fourth-order valence-corrected chi connectivity index (χ4v) is 7.71. The van der Waals surface area contributed by atoms with E-state index >= 15 is 0 Å². The van der Waals surface area contributed by atoms with Crippen molar-refractivity contribution in [3.8, 4) is 46.9 Å². The molecular weight excluding hydrogens is 762 g/mol. The predicted octanol–water partition coefficient (Wildman–Crippen LogP) is 13.4. The zero-order chi connectivity index (χ0) is 42.9. The van der Waals surface area contributed by atoms with E-state index in [0.717, 1.165) is 101 Å². The van der Waals surface area contributed by atoms with Gasteiger partial charge in [-0.25, -0.2) is 0 Å². The average molecular weight is 823 g/mol. The number of benzene rings is 4. The summed E-state index contributed by atoms with van der Waals surface area (Å²) in [6.45, 7) is 23.4. The molecule has 1 unspecified atom stereocenters. The highest BCUT2D eigenvalue weighted by Gasteiger charge is 2.18. The molecule has 306 valence electrons. The fraction of sp³-hybridized carbons (Fsp3) is 0.315. The van der Waals surface area contributed by atoms with Gasteiger partial charge in [0.05, 0.1) is 21.4 Å². The van der Waals surface area contributed by atoms with Gasteiger partial charge in [-0.1, -0.05) is 143 Å². The van der Waals surface area contributed by atoms with Crippen molar-refractivity contribution in [3.63, 3.8) is 0 Å². The number of rotatable bonds is 13. The molecule has 0 radical (unpaired) electrons. The van der Waals surface area contributed by atoms with E-state index in [1.54, 1.807) is 0 Å². The molecule has 2 heterocycles. The number of terminal acetylenes is 2. The van der Waals surface area contributed by atoms with E-state index < -0.39 is 0 Å². The van der Waals surface area contributed by atoms with Crippen molar-refractivity contribution in [2.45, 2.75) is 106 Å². The van der Waals surface area contributed by atoms with Gasteiger partial charge in [0.1, 0.15) is 0 Å². The Morgan fingerprint density at radius 1 is 0.864 bits per heavy atom. The third-order valence-electron chi connectivity index (χ3n) is 10.5. The minimum absolute atomic E-state index is 0.208. The molecule has 0 aliphatic carbocycles. The summed E-state index contributed by atoms with van der Waals surface area (Å²) < 4.78 is 0. The van der Waals surface area contributed by atoms with Gasteiger partial charge in [-0.15, -0.1) is 12.8 Å². The van der Waals surface area contributed by atoms with Crippen LogP contribution in [-0.4, -0.2) is 17.6 Å². The lowest BCUT2D eigenvalue weighted by Gasteiger charge is -2.20. The van der Waals surface area contributed by atoms with Crippen LogP contribution >= 0.6 is 23.2 Å². The van der Waals surface area contributed by atoms with Crippen LogP contribution in [0, 0.1) is 24.7 Å². The third-order valence-corrected chi connectivity index (χ3v) is 11.3. The topological polar surface area (TPSA) is 37.0 Å². The summed E-state index contributed by atoms with van der Waals surface area (Å²) in [6.07, 6.45) is 19.3. The SMILES string of the molecule is C#Cc1cc(C#C)cc(CC)c1.C=Cc1nc(CCc2cccc(-c3cccc(-c4ccc5c(c4)CNCC5)c3Cl)c2CCC)c(Cl)cc1CNC(C)C(=C)C.CCC. The van der Waals surface area contributed by atoms with Crippen LogP contribution in [0.25, 0.3) is 28.3 Å². The van der Waals surface area contributed by atoms with E-state index in [1.807, 2.05) is 37.3 Å². The van der Waals surface area contributed by atoms with Crippen LogP contribution in [0.4, 0.5) is 0 Å². The molecule has 0 fully saturated rings. The average Bonchev–Trinajstić information content (AvgIpc) is 3.25. The van der Waals surface area contributed by atoms with E-state index in [4.69, 9.17) is 41.0 Å². The highest BCUT2D eigenvalue weighted by Crippen LogP contribution is 2.40. The molecule has 1 atom stereocenters. The molecule has 0 saturated heterocycles. The smallest absolute Gasteiger partial charge is 0.0673 e. The molecule has 3 nitrogen and oxygen atoms in total. The summed E-state index contributed by atoms with van der Waals surface area (Å²) in [6, 6.07) is 27.9. The second-order valence-corrected chi connectivity index (χ2v) is 15.9. The zero-order valence-corrected chi connectivity index (χ0v) is 37.5. The van der Waals surface area contributed by atoms with Crippen molar-refractivity contribution < 1.29 is 0 Å². The largest absolute Gasteiger partial charge is 0.312 e. The molecular formula is C54H61Cl2N3. The lowest BCUT2D eigenvalue weighted by Crippen LogP contribution is -2.26. The highest BCUT2D eigenvalue weighted by atomic mass is 35.5. The number of nitrogens with one attached hydrogen (secondary N) is 2. The molecule has 1 aromatic heterocycles. The number of aromatic nitrogens is 1. The summed E-state index contributed by atoms with van der Waals surface area (Å²) in [5.74, 6) is 5.16. The van der Waals surface area contributed by atoms with Gasteiger partial charge in [0.2, 0.25) is 0 Å². The fourth-order valence-electron chi connectivity index (χ4n) is 7.11. The van der Waals surface area contributed by atoms with E-state index in [1.165, 1.54) is 45.4 Å². The number of halogens is 2. The highest BCUT2D eigenvalue weighted by molar-refractivity contribution is 6.36. The van der Waals surface area contributed by atoms with E-state index in [-0.39, 0.29) is 6.04 Å². The van der Waals surface area contributed by atoms with Crippen molar-refractivity contribution in [2.75, 3.05) is 6.54 Å². The Morgan fingerprint density at radius 3 is 2.19 bits per heavy atom. The van der Waals surface area contributed by atoms with Gasteiger partial charge in [-0.2, -0.15) is 0 Å². The van der Waals surface area contributed by atoms with E-state index in [9.17, 15) is 0 Å². The molecule has 0 saturated carbocycles. The van der Waals surface area contributed by atoms with Crippen LogP contribution in [0.15, 0.2) is 97.6 Å². The second-order valence-electron chi connectivity index (χ2n) is 15.2. The maximum Gasteiger partial charge on any atom is 0.0673 e. The Morgan fingerprint density at radius 2 is 1.54 bits per heavy atom. The number of hydrogen-bond donors (Lipinski definition) is 2. The Kier molecular flexibility index (Phi) is 18.8. The summed E-state index contributed by atoms with van der Waals surface area (Å²) in [5.41, 5.74) is 16.8. The van der Waals surface area contributed by atoms with E-state index in [0.29, 0.717) is 11.6 Å². The molecule has 59 heavy (non-hydrogen) atoms. The van der Waals surface area contributed by atoms with Gasteiger partial charge in [0.15, 0.2) is 0 Å². The van der Waals surface area contributed by atoms with Crippen LogP contribution in [-0.2, 0) is 45.2 Å². The molecule has 5 aromatic rings. The lowest BCUT2D eigenvalue weighted by molar-refractivity contribution is 0.608. The van der Waals surface area contributed by atoms with Gasteiger partial charge < -0.3 is 10.6 Å². The molecule has 0 spiro atoms. The first-order valence-corrected chi connectivity index (χ1v) is 21.8. The van der Waals surface area contributed by atoms with Crippen molar-refractivity contribution >= 4 is 29.3 Å². The van der Waals surface area contributed by atoms with Crippen LogP contribution in [0.3, 0.4) is 0 Å². The van der Waals surface area contributed by atoms with Crippen LogP contribution in [0.5, 0.6) is 0 Å². The Bertz CT molecular complexity index is 2270. The number of fused-ring (bicyclic) bond motifs is 1. The molecule has 5 heteroatoms. The Balaban J connectivity index is 0.000000433. The number of aryl methyl sites for hydroxylation is 3. The molecule has 0 bridgehead atoms. The molecule has 1 aliphatic heterocycles. The number of hydrogen-bond acceptors (Lipinski definition) is 3. The number of nitrogens with zero attached hydrogens (tertiary/aromatic N) is 1. The summed E-state index contributed by atoms with van der Waals surface area (Å²) >= 11 is 14.0. The van der Waals surface area contributed by atoms with Crippen molar-refractivity contribution in [1.29, 1.82) is 0 Å². The zero-order valence-electron chi connectivity index (χ0n) is 36.0. The first-order valence-electron chi connectivity index (χ1n) is 21.0. The van der Waals surface area contributed by atoms with Gasteiger partial charge in [0.25, 0.3) is 0 Å². The van der Waals surface area contributed by atoms with Crippen molar-refractivity contribution in [3.05, 3.63) is 164 Å². The summed E-state index contributed by atoms with van der Waals surface area (Å²) in [5, 5.41) is 8.48. The van der Waals surface area contributed by atoms with Crippen molar-refractivity contribution in [2.24, 2.45) is 0 Å².